The van der Waals surface area contributed by atoms with Gasteiger partial charge in [0.1, 0.15) is 5.75 Å². The Hall–Kier alpha value is -3.90. The molecule has 3 aromatic carbocycles. The van der Waals surface area contributed by atoms with E-state index in [4.69, 9.17) is 32.7 Å². The second kappa shape index (κ2) is 13.2. The van der Waals surface area contributed by atoms with Crippen LogP contribution in [0.15, 0.2) is 78.2 Å². The van der Waals surface area contributed by atoms with Crippen molar-refractivity contribution in [3.05, 3.63) is 99.8 Å². The van der Waals surface area contributed by atoms with Gasteiger partial charge in [0.2, 0.25) is 15.0 Å². The average molecular weight is 644 g/mol. The average Bonchev–Trinajstić information content (AvgIpc) is 3.49. The number of ether oxygens (including phenoxy) is 2. The van der Waals surface area contributed by atoms with Crippen LogP contribution in [0.2, 0.25) is 10.0 Å². The number of fused-ring (bicyclic) bond motifs is 1. The maximum atomic E-state index is 13.9. The molecule has 2 N–H and O–H groups in total. The van der Waals surface area contributed by atoms with E-state index in [2.05, 4.69) is 15.3 Å². The number of nitrogens with zero attached hydrogens (tertiary/aromatic N) is 2. The highest BCUT2D eigenvalue weighted by molar-refractivity contribution is 7.91. The normalized spacial score (nSPS) is 15.0. The van der Waals surface area contributed by atoms with Crippen LogP contribution < -0.4 is 15.0 Å². The minimum atomic E-state index is -3.64. The highest BCUT2D eigenvalue weighted by Gasteiger charge is 2.30. The SMILES string of the molecule is COc1cc(NC(=O)c2ccccc2Cl)ccc1C(=O)N1CCCC(OCCS(=O)(=O)c2ncc[nH]2)c2cc(Cl)ccc21. The van der Waals surface area contributed by atoms with Gasteiger partial charge in [-0.3, -0.25) is 9.59 Å². The van der Waals surface area contributed by atoms with Gasteiger partial charge in [-0.05, 0) is 55.3 Å². The highest BCUT2D eigenvalue weighted by atomic mass is 35.5. The van der Waals surface area contributed by atoms with Crippen LogP contribution in [0.25, 0.3) is 0 Å². The van der Waals surface area contributed by atoms with Crippen molar-refractivity contribution >= 4 is 56.2 Å². The fourth-order valence-electron chi connectivity index (χ4n) is 4.88. The van der Waals surface area contributed by atoms with Gasteiger partial charge in [0, 0.05) is 47.0 Å². The van der Waals surface area contributed by atoms with E-state index in [1.54, 1.807) is 65.6 Å². The van der Waals surface area contributed by atoms with Crippen molar-refractivity contribution in [3.63, 3.8) is 0 Å². The Morgan fingerprint density at radius 3 is 2.65 bits per heavy atom. The molecule has 2 amide bonds. The van der Waals surface area contributed by atoms with Gasteiger partial charge in [-0.25, -0.2) is 13.4 Å². The lowest BCUT2D eigenvalue weighted by Gasteiger charge is -2.25. The topological polar surface area (TPSA) is 131 Å². The molecule has 0 aliphatic carbocycles. The minimum Gasteiger partial charge on any atom is -0.496 e. The van der Waals surface area contributed by atoms with Gasteiger partial charge in [0.15, 0.2) is 0 Å². The molecule has 5 rings (SSSR count). The largest absolute Gasteiger partial charge is 0.496 e. The Morgan fingerprint density at radius 1 is 1.09 bits per heavy atom. The van der Waals surface area contributed by atoms with Crippen LogP contribution in [-0.2, 0) is 14.6 Å². The lowest BCUT2D eigenvalue weighted by atomic mass is 10.0. The zero-order chi connectivity index (χ0) is 30.6. The number of carbonyl (C=O) groups excluding carboxylic acids is 2. The number of imidazole rings is 1. The number of hydrogen-bond donors (Lipinski definition) is 2. The number of benzene rings is 3. The molecule has 0 fully saturated rings. The fourth-order valence-corrected chi connectivity index (χ4v) is 6.26. The van der Waals surface area contributed by atoms with E-state index in [1.165, 1.54) is 19.5 Å². The Morgan fingerprint density at radius 2 is 1.91 bits per heavy atom. The zero-order valence-electron chi connectivity index (χ0n) is 23.0. The molecule has 0 saturated heterocycles. The Labute approximate surface area is 258 Å². The maximum Gasteiger partial charge on any atom is 0.262 e. The number of carbonyl (C=O) groups is 2. The monoisotopic (exact) mass is 642 g/mol. The molecule has 224 valence electrons. The van der Waals surface area contributed by atoms with E-state index in [-0.39, 0.29) is 29.2 Å². The van der Waals surface area contributed by atoms with Crippen LogP contribution in [0.4, 0.5) is 11.4 Å². The third-order valence-electron chi connectivity index (χ3n) is 6.97. The summed E-state index contributed by atoms with van der Waals surface area (Å²) in [6, 6.07) is 16.7. The van der Waals surface area contributed by atoms with E-state index in [1.807, 2.05) is 0 Å². The van der Waals surface area contributed by atoms with E-state index in [0.29, 0.717) is 57.5 Å². The summed E-state index contributed by atoms with van der Waals surface area (Å²) in [5.74, 6) is -0.692. The predicted octanol–water partition coefficient (Wildman–Crippen LogP) is 5.95. The number of sulfone groups is 1. The molecular weight excluding hydrogens is 615 g/mol. The van der Waals surface area contributed by atoms with Crippen LogP contribution in [0.1, 0.15) is 45.2 Å². The second-order valence-corrected chi connectivity index (χ2v) is 12.6. The Kier molecular flexibility index (Phi) is 9.36. The molecule has 1 atom stereocenters. The molecule has 1 aromatic heterocycles. The minimum absolute atomic E-state index is 0.0667. The fraction of sp³-hybridized carbons (Fsp3) is 0.233. The summed E-state index contributed by atoms with van der Waals surface area (Å²) in [6.07, 6.45) is 3.47. The Bertz CT molecular complexity index is 1750. The van der Waals surface area contributed by atoms with Crippen molar-refractivity contribution in [1.29, 1.82) is 0 Å². The lowest BCUT2D eigenvalue weighted by molar-refractivity contribution is 0.0582. The van der Waals surface area contributed by atoms with Crippen LogP contribution in [-0.4, -0.2) is 56.2 Å². The molecule has 0 bridgehead atoms. The number of aromatic amines is 1. The summed E-state index contributed by atoms with van der Waals surface area (Å²) in [5, 5.41) is 3.46. The molecule has 4 aromatic rings. The predicted molar refractivity (Wildman–Crippen MR) is 164 cm³/mol. The molecular formula is C30H28Cl2N4O6S. The first-order valence-electron chi connectivity index (χ1n) is 13.4. The third-order valence-corrected chi connectivity index (χ3v) is 9.05. The summed E-state index contributed by atoms with van der Waals surface area (Å²) in [4.78, 5) is 34.8. The standard InChI is InChI=1S/C30H28Cl2N4O6S/c1-41-27-18-20(35-28(37)21-5-2-3-6-24(21)32)9-10-22(27)29(38)36-14-4-7-26(23-17-19(31)8-11-25(23)36)42-15-16-43(39,40)30-33-12-13-34-30/h2-3,5-6,8-13,17-18,26H,4,7,14-16H2,1H3,(H,33,34)(H,35,37). The summed E-state index contributed by atoms with van der Waals surface area (Å²) in [5.41, 5.74) is 2.32. The van der Waals surface area contributed by atoms with Crippen LogP contribution in [0.3, 0.4) is 0 Å². The van der Waals surface area contributed by atoms with Crippen molar-refractivity contribution in [2.24, 2.45) is 0 Å². The van der Waals surface area contributed by atoms with Gasteiger partial charge >= 0.3 is 0 Å². The number of hydrogen-bond acceptors (Lipinski definition) is 7. The van der Waals surface area contributed by atoms with Crippen molar-refractivity contribution in [2.45, 2.75) is 24.1 Å². The third kappa shape index (κ3) is 6.86. The maximum absolute atomic E-state index is 13.9. The molecule has 13 heteroatoms. The van der Waals surface area contributed by atoms with E-state index in [0.717, 1.165) is 0 Å². The molecule has 0 spiro atoms. The molecule has 10 nitrogen and oxygen atoms in total. The van der Waals surface area contributed by atoms with Gasteiger partial charge in [-0.15, -0.1) is 0 Å². The smallest absolute Gasteiger partial charge is 0.262 e. The second-order valence-electron chi connectivity index (χ2n) is 9.72. The molecule has 0 saturated carbocycles. The van der Waals surface area contributed by atoms with E-state index < -0.39 is 21.8 Å². The van der Waals surface area contributed by atoms with Crippen molar-refractivity contribution in [1.82, 2.24) is 9.97 Å². The van der Waals surface area contributed by atoms with Crippen LogP contribution in [0.5, 0.6) is 5.75 Å². The number of rotatable bonds is 9. The number of methoxy groups -OCH3 is 1. The lowest BCUT2D eigenvalue weighted by Crippen LogP contribution is -2.32. The molecule has 1 aliphatic rings. The van der Waals surface area contributed by atoms with Crippen molar-refractivity contribution in [2.75, 3.05) is 36.2 Å². The number of halogens is 2. The number of anilines is 2. The van der Waals surface area contributed by atoms with Gasteiger partial charge in [-0.1, -0.05) is 35.3 Å². The van der Waals surface area contributed by atoms with E-state index in [9.17, 15) is 18.0 Å². The molecule has 43 heavy (non-hydrogen) atoms. The Balaban J connectivity index is 1.36. The quantitative estimate of drug-likeness (QED) is 0.231. The first-order valence-corrected chi connectivity index (χ1v) is 15.8. The molecule has 2 heterocycles. The van der Waals surface area contributed by atoms with Gasteiger partial charge < -0.3 is 24.7 Å². The number of nitrogens with one attached hydrogen (secondary N) is 2. The summed E-state index contributed by atoms with van der Waals surface area (Å²) in [7, 11) is -2.19. The highest BCUT2D eigenvalue weighted by Crippen LogP contribution is 2.38. The van der Waals surface area contributed by atoms with Crippen LogP contribution in [0, 0.1) is 0 Å². The molecule has 1 unspecified atom stereocenters. The summed E-state index contributed by atoms with van der Waals surface area (Å²) < 4.78 is 36.7. The number of amides is 2. The van der Waals surface area contributed by atoms with Crippen molar-refractivity contribution in [3.8, 4) is 5.75 Å². The summed E-state index contributed by atoms with van der Waals surface area (Å²) >= 11 is 12.5. The van der Waals surface area contributed by atoms with Gasteiger partial charge in [0.05, 0.1) is 41.7 Å². The number of H-pyrrole nitrogens is 1. The number of aromatic nitrogens is 2. The van der Waals surface area contributed by atoms with Crippen molar-refractivity contribution < 1.29 is 27.5 Å². The van der Waals surface area contributed by atoms with E-state index >= 15 is 0 Å². The first-order chi connectivity index (χ1) is 20.7. The summed E-state index contributed by atoms with van der Waals surface area (Å²) in [6.45, 7) is 0.314. The van der Waals surface area contributed by atoms with Crippen LogP contribution >= 0.6 is 23.2 Å². The molecule has 0 radical (unpaired) electrons. The van der Waals surface area contributed by atoms with Gasteiger partial charge in [-0.2, -0.15) is 0 Å². The zero-order valence-corrected chi connectivity index (χ0v) is 25.4. The van der Waals surface area contributed by atoms with Gasteiger partial charge in [0.25, 0.3) is 11.8 Å². The molecule has 1 aliphatic heterocycles. The first kappa shape index (κ1) is 30.6.